The van der Waals surface area contributed by atoms with Crippen LogP contribution in [-0.2, 0) is 30.2 Å². The molecule has 1 unspecified atom stereocenters. The van der Waals surface area contributed by atoms with Crippen molar-refractivity contribution >= 4 is 11.7 Å². The fourth-order valence-corrected chi connectivity index (χ4v) is 6.24. The number of hydrogen-bond acceptors (Lipinski definition) is 6. The second kappa shape index (κ2) is 14.1. The van der Waals surface area contributed by atoms with E-state index in [9.17, 15) is 50.2 Å². The summed E-state index contributed by atoms with van der Waals surface area (Å²) in [6.45, 7) is -0.126. The van der Waals surface area contributed by atoms with Crippen molar-refractivity contribution in [2.24, 2.45) is 5.73 Å². The molecule has 50 heavy (non-hydrogen) atoms. The van der Waals surface area contributed by atoms with Crippen molar-refractivity contribution in [3.8, 4) is 0 Å². The molecular formula is C34H32F7N5O4. The van der Waals surface area contributed by atoms with Gasteiger partial charge in [0.25, 0.3) is 5.56 Å². The number of piperazine rings is 1. The van der Waals surface area contributed by atoms with Gasteiger partial charge < -0.3 is 15.7 Å². The van der Waals surface area contributed by atoms with Gasteiger partial charge >= 0.3 is 24.0 Å². The number of carbonyl (C=O) groups is 1. The molecule has 4 aromatic rings. The van der Waals surface area contributed by atoms with Gasteiger partial charge in [-0.2, -0.15) is 26.3 Å². The number of anilines is 1. The van der Waals surface area contributed by atoms with Crippen molar-refractivity contribution in [3.63, 3.8) is 0 Å². The van der Waals surface area contributed by atoms with Gasteiger partial charge in [0.05, 0.1) is 24.2 Å². The standard InChI is InChI=1S/C34H32F7N5O4/c1-20-28(43-13-15-44(16-14-43)29(31(48)49)22-9-5-10-23(17-22)33(36,37)38)30(47)46(19-27(42)21-7-3-2-4-8-21)32(50)45(20)18-24-25(34(39,40)41)11-6-12-26(24)35/h2-12,17,27,29H,13-16,18-19,42H2,1H3,(H,48,49)/t27-,29?/m1/s1. The molecule has 0 radical (unpaired) electrons. The number of nitrogens with two attached hydrogens (primary N) is 1. The van der Waals surface area contributed by atoms with Crippen LogP contribution < -0.4 is 21.9 Å². The molecule has 0 bridgehead atoms. The molecule has 2 heterocycles. The summed E-state index contributed by atoms with van der Waals surface area (Å²) in [5.41, 5.74) is 1.67. The highest BCUT2D eigenvalue weighted by Crippen LogP contribution is 2.35. The quantitative estimate of drug-likeness (QED) is 0.230. The second-order valence-corrected chi connectivity index (χ2v) is 11.9. The smallest absolute Gasteiger partial charge is 0.416 e. The number of hydrogen-bond donors (Lipinski definition) is 2. The molecule has 3 N–H and O–H groups in total. The number of halogens is 7. The number of aromatic nitrogens is 2. The fraction of sp³-hybridized carbons (Fsp3) is 0.324. The van der Waals surface area contributed by atoms with Crippen molar-refractivity contribution in [2.75, 3.05) is 31.1 Å². The van der Waals surface area contributed by atoms with Gasteiger partial charge in [-0.1, -0.05) is 48.5 Å². The van der Waals surface area contributed by atoms with Crippen molar-refractivity contribution in [3.05, 3.63) is 133 Å². The molecule has 3 aromatic carbocycles. The van der Waals surface area contributed by atoms with Crippen LogP contribution in [0.15, 0.2) is 82.4 Å². The van der Waals surface area contributed by atoms with E-state index in [4.69, 9.17) is 5.73 Å². The van der Waals surface area contributed by atoms with E-state index in [-0.39, 0.29) is 49.7 Å². The van der Waals surface area contributed by atoms with Gasteiger partial charge in [-0.15, -0.1) is 0 Å². The van der Waals surface area contributed by atoms with E-state index in [1.807, 2.05) is 0 Å². The third-order valence-electron chi connectivity index (χ3n) is 8.76. The average Bonchev–Trinajstić information content (AvgIpc) is 3.06. The van der Waals surface area contributed by atoms with E-state index in [1.165, 1.54) is 22.8 Å². The molecule has 1 aliphatic rings. The Labute approximate surface area is 280 Å². The monoisotopic (exact) mass is 707 g/mol. The lowest BCUT2D eigenvalue weighted by Gasteiger charge is -2.39. The zero-order valence-electron chi connectivity index (χ0n) is 26.5. The van der Waals surface area contributed by atoms with Crippen LogP contribution in [0.5, 0.6) is 0 Å². The van der Waals surface area contributed by atoms with Crippen LogP contribution in [0.3, 0.4) is 0 Å². The maximum atomic E-state index is 15.0. The Morgan fingerprint density at radius 1 is 0.840 bits per heavy atom. The molecule has 0 aliphatic carbocycles. The number of aliphatic carboxylic acids is 1. The molecule has 16 heteroatoms. The molecule has 9 nitrogen and oxygen atoms in total. The Balaban J connectivity index is 1.55. The van der Waals surface area contributed by atoms with Crippen LogP contribution in [0.25, 0.3) is 0 Å². The summed E-state index contributed by atoms with van der Waals surface area (Å²) in [6, 6.07) is 12.5. The van der Waals surface area contributed by atoms with E-state index in [0.717, 1.165) is 39.5 Å². The summed E-state index contributed by atoms with van der Waals surface area (Å²) in [6.07, 6.45) is -9.66. The second-order valence-electron chi connectivity index (χ2n) is 11.9. The van der Waals surface area contributed by atoms with Crippen LogP contribution >= 0.6 is 0 Å². The molecule has 0 amide bonds. The largest absolute Gasteiger partial charge is 0.480 e. The lowest BCUT2D eigenvalue weighted by molar-refractivity contribution is -0.144. The number of nitrogens with zero attached hydrogens (tertiary/aromatic N) is 4. The summed E-state index contributed by atoms with van der Waals surface area (Å²) in [4.78, 5) is 43.2. The number of benzene rings is 3. The van der Waals surface area contributed by atoms with Gasteiger partial charge in [-0.3, -0.25) is 23.6 Å². The highest BCUT2D eigenvalue weighted by atomic mass is 19.4. The van der Waals surface area contributed by atoms with E-state index in [2.05, 4.69) is 0 Å². The third-order valence-corrected chi connectivity index (χ3v) is 8.76. The maximum Gasteiger partial charge on any atom is 0.416 e. The van der Waals surface area contributed by atoms with Gasteiger partial charge in [-0.05, 0) is 42.3 Å². The number of alkyl halides is 6. The molecule has 0 spiro atoms. The lowest BCUT2D eigenvalue weighted by Crippen LogP contribution is -2.53. The topological polar surface area (TPSA) is 114 Å². The summed E-state index contributed by atoms with van der Waals surface area (Å²) >= 11 is 0. The molecule has 0 saturated carbocycles. The van der Waals surface area contributed by atoms with Crippen LogP contribution in [0.1, 0.15) is 45.6 Å². The minimum Gasteiger partial charge on any atom is -0.480 e. The SMILES string of the molecule is Cc1c(N2CCN(C(C(=O)O)c3cccc(C(F)(F)F)c3)CC2)c(=O)n(C[C@@H](N)c2ccccc2)c(=O)n1Cc1c(F)cccc1C(F)(F)F. The molecule has 1 fully saturated rings. The van der Waals surface area contributed by atoms with Gasteiger partial charge in [0, 0.05) is 43.5 Å². The molecule has 5 rings (SSSR count). The normalized spacial score (nSPS) is 15.6. The van der Waals surface area contributed by atoms with Crippen molar-refractivity contribution in [2.45, 2.75) is 44.4 Å². The highest BCUT2D eigenvalue weighted by Gasteiger charge is 2.37. The first kappa shape index (κ1) is 36.3. The highest BCUT2D eigenvalue weighted by molar-refractivity contribution is 5.75. The van der Waals surface area contributed by atoms with Crippen molar-refractivity contribution < 1.29 is 40.6 Å². The lowest BCUT2D eigenvalue weighted by atomic mass is 10.0. The third kappa shape index (κ3) is 7.45. The van der Waals surface area contributed by atoms with Crippen molar-refractivity contribution in [1.29, 1.82) is 0 Å². The Morgan fingerprint density at radius 3 is 2.06 bits per heavy atom. The van der Waals surface area contributed by atoms with E-state index in [0.29, 0.717) is 11.6 Å². The molecule has 1 aliphatic heterocycles. The van der Waals surface area contributed by atoms with Crippen LogP contribution in [0.4, 0.5) is 36.4 Å². The van der Waals surface area contributed by atoms with E-state index in [1.54, 1.807) is 30.3 Å². The Hall–Kier alpha value is -4.96. The maximum absolute atomic E-state index is 15.0. The minimum atomic E-state index is -4.96. The van der Waals surface area contributed by atoms with Gasteiger partial charge in [-0.25, -0.2) is 9.18 Å². The first-order valence-electron chi connectivity index (χ1n) is 15.4. The van der Waals surface area contributed by atoms with E-state index >= 15 is 0 Å². The first-order valence-corrected chi connectivity index (χ1v) is 15.4. The van der Waals surface area contributed by atoms with Crippen molar-refractivity contribution in [1.82, 2.24) is 14.0 Å². The molecular weight excluding hydrogens is 675 g/mol. The summed E-state index contributed by atoms with van der Waals surface area (Å²) < 4.78 is 98.6. The predicted octanol–water partition coefficient (Wildman–Crippen LogP) is 5.19. The molecule has 1 saturated heterocycles. The molecule has 2 atom stereocenters. The fourth-order valence-electron chi connectivity index (χ4n) is 6.24. The van der Waals surface area contributed by atoms with Gasteiger partial charge in [0.1, 0.15) is 17.5 Å². The number of rotatable bonds is 9. The summed E-state index contributed by atoms with van der Waals surface area (Å²) in [7, 11) is 0. The number of carboxylic acid groups (broad SMARTS) is 1. The van der Waals surface area contributed by atoms with Gasteiger partial charge in [0.2, 0.25) is 0 Å². The molecule has 266 valence electrons. The number of carboxylic acids is 1. The minimum absolute atomic E-state index is 0.0464. The Kier molecular flexibility index (Phi) is 10.3. The van der Waals surface area contributed by atoms with Gasteiger partial charge in [0.15, 0.2) is 0 Å². The Morgan fingerprint density at radius 2 is 1.46 bits per heavy atom. The summed E-state index contributed by atoms with van der Waals surface area (Å²) in [5, 5.41) is 10.0. The molecule has 1 aromatic heterocycles. The Bertz CT molecular complexity index is 1990. The van der Waals surface area contributed by atoms with E-state index < -0.39 is 70.7 Å². The average molecular weight is 708 g/mol. The predicted molar refractivity (Wildman–Crippen MR) is 169 cm³/mol. The zero-order chi connectivity index (χ0) is 36.5. The zero-order valence-corrected chi connectivity index (χ0v) is 26.5. The van der Waals surface area contributed by atoms with Crippen LogP contribution in [-0.4, -0.2) is 51.3 Å². The van der Waals surface area contributed by atoms with Crippen LogP contribution in [0, 0.1) is 12.7 Å². The van der Waals surface area contributed by atoms with Crippen LogP contribution in [0.2, 0.25) is 0 Å². The first-order chi connectivity index (χ1) is 23.5. The summed E-state index contributed by atoms with van der Waals surface area (Å²) in [5.74, 6) is -2.61.